The summed E-state index contributed by atoms with van der Waals surface area (Å²) in [5.41, 5.74) is 0. The molecule has 1 saturated heterocycles. The fourth-order valence-corrected chi connectivity index (χ4v) is 3.95. The predicted octanol–water partition coefficient (Wildman–Crippen LogP) is 0.0337. The molecule has 0 atom stereocenters. The molecule has 0 aromatic heterocycles. The molecule has 10 heteroatoms. The highest BCUT2D eigenvalue weighted by molar-refractivity contribution is 7.89. The molecule has 7 nitrogen and oxygen atoms in total. The molecular weight excluding hydrogens is 356 g/mol. The Balaban J connectivity index is 1.93. The fraction of sp³-hybridized carbons (Fsp3) is 0.533. The number of methoxy groups -OCH3 is 1. The summed E-state index contributed by atoms with van der Waals surface area (Å²) in [5.74, 6) is -2.10. The third kappa shape index (κ3) is 4.94. The number of amides is 1. The predicted molar refractivity (Wildman–Crippen MR) is 86.4 cm³/mol. The van der Waals surface area contributed by atoms with Gasteiger partial charge in [0.05, 0.1) is 13.2 Å². The van der Waals surface area contributed by atoms with Gasteiger partial charge in [0.1, 0.15) is 16.5 Å². The maximum absolute atomic E-state index is 13.8. The summed E-state index contributed by atoms with van der Waals surface area (Å²) in [6.45, 7) is 1.72. The second kappa shape index (κ2) is 8.65. The number of halogens is 2. The van der Waals surface area contributed by atoms with Crippen LogP contribution in [0.4, 0.5) is 8.78 Å². The summed E-state index contributed by atoms with van der Waals surface area (Å²) in [5, 5.41) is 2.93. The number of rotatable bonds is 7. The van der Waals surface area contributed by atoms with Crippen molar-refractivity contribution in [1.29, 1.82) is 0 Å². The lowest BCUT2D eigenvalue weighted by Gasteiger charge is -2.34. The minimum Gasteiger partial charge on any atom is -0.383 e. The number of sulfonamides is 1. The van der Waals surface area contributed by atoms with Crippen LogP contribution in [0.3, 0.4) is 0 Å². The molecule has 0 saturated carbocycles. The maximum atomic E-state index is 13.8. The average molecular weight is 377 g/mol. The lowest BCUT2D eigenvalue weighted by atomic mass is 10.3. The first-order valence-corrected chi connectivity index (χ1v) is 9.23. The van der Waals surface area contributed by atoms with Crippen LogP contribution in [0.2, 0.25) is 0 Å². The van der Waals surface area contributed by atoms with Crippen LogP contribution in [0.25, 0.3) is 0 Å². The minimum atomic E-state index is -4.06. The SMILES string of the molecule is COCCNCC(=O)N1CCN(S(=O)(=O)c2ccc(F)cc2F)CC1. The Kier molecular flexibility index (Phi) is 6.82. The Morgan fingerprint density at radius 3 is 2.52 bits per heavy atom. The van der Waals surface area contributed by atoms with Crippen LogP contribution >= 0.6 is 0 Å². The third-order valence-corrected chi connectivity index (χ3v) is 5.79. The van der Waals surface area contributed by atoms with E-state index in [0.29, 0.717) is 19.2 Å². The van der Waals surface area contributed by atoms with E-state index < -0.39 is 26.6 Å². The van der Waals surface area contributed by atoms with Crippen LogP contribution in [0.15, 0.2) is 23.1 Å². The zero-order valence-electron chi connectivity index (χ0n) is 13.9. The van der Waals surface area contributed by atoms with Gasteiger partial charge >= 0.3 is 0 Å². The van der Waals surface area contributed by atoms with Crippen molar-refractivity contribution in [3.8, 4) is 0 Å². The van der Waals surface area contributed by atoms with E-state index in [0.717, 1.165) is 16.4 Å². The highest BCUT2D eigenvalue weighted by Gasteiger charge is 2.31. The Morgan fingerprint density at radius 2 is 1.92 bits per heavy atom. The Labute approximate surface area is 145 Å². The first-order valence-electron chi connectivity index (χ1n) is 7.79. The smallest absolute Gasteiger partial charge is 0.246 e. The highest BCUT2D eigenvalue weighted by Crippen LogP contribution is 2.21. The van der Waals surface area contributed by atoms with Gasteiger partial charge in [-0.15, -0.1) is 0 Å². The van der Waals surface area contributed by atoms with Crippen molar-refractivity contribution in [2.45, 2.75) is 4.90 Å². The molecule has 0 unspecified atom stereocenters. The number of carbonyl (C=O) groups excluding carboxylic acids is 1. The summed E-state index contributed by atoms with van der Waals surface area (Å²) < 4.78 is 57.7. The van der Waals surface area contributed by atoms with Gasteiger partial charge in [-0.3, -0.25) is 4.79 Å². The summed E-state index contributed by atoms with van der Waals surface area (Å²) in [6.07, 6.45) is 0. The molecule has 25 heavy (non-hydrogen) atoms. The van der Waals surface area contributed by atoms with Gasteiger partial charge in [0.2, 0.25) is 15.9 Å². The molecule has 1 aromatic rings. The zero-order chi connectivity index (χ0) is 18.4. The van der Waals surface area contributed by atoms with Crippen molar-refractivity contribution in [1.82, 2.24) is 14.5 Å². The lowest BCUT2D eigenvalue weighted by Crippen LogP contribution is -2.52. The zero-order valence-corrected chi connectivity index (χ0v) is 14.7. The first-order chi connectivity index (χ1) is 11.9. The molecule has 1 amide bonds. The van der Waals surface area contributed by atoms with Crippen LogP contribution in [0.5, 0.6) is 0 Å². The molecule has 1 aromatic carbocycles. The molecule has 0 bridgehead atoms. The van der Waals surface area contributed by atoms with Crippen molar-refractivity contribution in [2.75, 3.05) is 53.0 Å². The molecule has 1 heterocycles. The van der Waals surface area contributed by atoms with Crippen LogP contribution in [0, 0.1) is 11.6 Å². The largest absolute Gasteiger partial charge is 0.383 e. The van der Waals surface area contributed by atoms with Gasteiger partial charge < -0.3 is 15.0 Å². The molecule has 1 aliphatic heterocycles. The monoisotopic (exact) mass is 377 g/mol. The molecule has 0 spiro atoms. The number of piperazine rings is 1. The number of nitrogens with one attached hydrogen (secondary N) is 1. The number of ether oxygens (including phenoxy) is 1. The summed E-state index contributed by atoms with van der Waals surface area (Å²) >= 11 is 0. The Bertz CT molecular complexity index is 707. The summed E-state index contributed by atoms with van der Waals surface area (Å²) in [7, 11) is -2.50. The molecule has 2 rings (SSSR count). The number of carbonyl (C=O) groups is 1. The van der Waals surface area contributed by atoms with E-state index in [1.54, 1.807) is 12.0 Å². The van der Waals surface area contributed by atoms with Crippen LogP contribution in [-0.4, -0.2) is 76.5 Å². The molecule has 1 fully saturated rings. The second-order valence-corrected chi connectivity index (χ2v) is 7.44. The van der Waals surface area contributed by atoms with Crippen LogP contribution in [0.1, 0.15) is 0 Å². The van der Waals surface area contributed by atoms with Crippen LogP contribution < -0.4 is 5.32 Å². The van der Waals surface area contributed by atoms with Crippen molar-refractivity contribution >= 4 is 15.9 Å². The maximum Gasteiger partial charge on any atom is 0.246 e. The quantitative estimate of drug-likeness (QED) is 0.679. The fourth-order valence-electron chi connectivity index (χ4n) is 2.48. The number of hydrogen-bond donors (Lipinski definition) is 1. The summed E-state index contributed by atoms with van der Waals surface area (Å²) in [6, 6.07) is 2.36. The molecule has 0 radical (unpaired) electrons. The number of benzene rings is 1. The second-order valence-electron chi connectivity index (χ2n) is 5.53. The Morgan fingerprint density at radius 1 is 1.24 bits per heavy atom. The van der Waals surface area contributed by atoms with E-state index in [4.69, 9.17) is 4.74 Å². The van der Waals surface area contributed by atoms with Crippen molar-refractivity contribution < 1.29 is 26.7 Å². The molecule has 1 N–H and O–H groups in total. The van der Waals surface area contributed by atoms with Gasteiger partial charge in [-0.25, -0.2) is 17.2 Å². The minimum absolute atomic E-state index is 0.0585. The van der Waals surface area contributed by atoms with E-state index in [1.165, 1.54) is 0 Å². The van der Waals surface area contributed by atoms with E-state index >= 15 is 0 Å². The van der Waals surface area contributed by atoms with E-state index in [-0.39, 0.29) is 38.6 Å². The molecule has 140 valence electrons. The van der Waals surface area contributed by atoms with Gasteiger partial charge in [0.25, 0.3) is 0 Å². The standard InChI is InChI=1S/C15H21F2N3O4S/c1-24-9-4-18-11-15(21)19-5-7-20(8-6-19)25(22,23)14-3-2-12(16)10-13(14)17/h2-3,10,18H,4-9,11H2,1H3. The average Bonchev–Trinajstić information content (AvgIpc) is 2.58. The van der Waals surface area contributed by atoms with E-state index in [9.17, 15) is 22.0 Å². The van der Waals surface area contributed by atoms with Gasteiger partial charge in [-0.1, -0.05) is 0 Å². The van der Waals surface area contributed by atoms with Crippen molar-refractivity contribution in [3.63, 3.8) is 0 Å². The van der Waals surface area contributed by atoms with Crippen molar-refractivity contribution in [3.05, 3.63) is 29.8 Å². The lowest BCUT2D eigenvalue weighted by molar-refractivity contribution is -0.131. The normalized spacial score (nSPS) is 16.2. The molecule has 1 aliphatic rings. The molecule has 0 aliphatic carbocycles. The van der Waals surface area contributed by atoms with Gasteiger partial charge in [0.15, 0.2) is 0 Å². The third-order valence-electron chi connectivity index (χ3n) is 3.86. The number of nitrogens with zero attached hydrogens (tertiary/aromatic N) is 2. The van der Waals surface area contributed by atoms with E-state index in [2.05, 4.69) is 5.32 Å². The topological polar surface area (TPSA) is 79.0 Å². The van der Waals surface area contributed by atoms with Crippen LogP contribution in [-0.2, 0) is 19.6 Å². The van der Waals surface area contributed by atoms with Gasteiger partial charge in [0, 0.05) is 45.9 Å². The van der Waals surface area contributed by atoms with Crippen molar-refractivity contribution in [2.24, 2.45) is 0 Å². The first kappa shape index (κ1) is 19.7. The van der Waals surface area contributed by atoms with Gasteiger partial charge in [-0.05, 0) is 12.1 Å². The molecular formula is C15H21F2N3O4S. The van der Waals surface area contributed by atoms with E-state index in [1.807, 2.05) is 0 Å². The van der Waals surface area contributed by atoms with Gasteiger partial charge in [-0.2, -0.15) is 4.31 Å². The Hall–Kier alpha value is -1.62. The summed E-state index contributed by atoms with van der Waals surface area (Å²) in [4.78, 5) is 13.0. The highest BCUT2D eigenvalue weighted by atomic mass is 32.2. The number of hydrogen-bond acceptors (Lipinski definition) is 5.